The molecule has 1 aromatic carbocycles. The predicted octanol–water partition coefficient (Wildman–Crippen LogP) is 1.76. The van der Waals surface area contributed by atoms with E-state index in [1.165, 1.54) is 46.9 Å². The van der Waals surface area contributed by atoms with Gasteiger partial charge in [0.15, 0.2) is 6.10 Å². The van der Waals surface area contributed by atoms with E-state index >= 15 is 0 Å². The number of methoxy groups -OCH3 is 1. The van der Waals surface area contributed by atoms with Crippen LogP contribution >= 0.6 is 0 Å². The summed E-state index contributed by atoms with van der Waals surface area (Å²) < 4.78 is 10.0. The maximum atomic E-state index is 13.9. The number of carbonyl (C=O) groups excluding carboxylic acids is 7. The van der Waals surface area contributed by atoms with Gasteiger partial charge in [0.2, 0.25) is 23.6 Å². The Kier molecular flexibility index (Phi) is 17.9. The van der Waals surface area contributed by atoms with E-state index in [2.05, 4.69) is 27.3 Å². The largest absolute Gasteiger partial charge is 0.467 e. The highest BCUT2D eigenvalue weighted by Crippen LogP contribution is 2.15. The van der Waals surface area contributed by atoms with Crippen LogP contribution in [0.3, 0.4) is 0 Å². The van der Waals surface area contributed by atoms with Crippen molar-refractivity contribution in [2.24, 2.45) is 11.8 Å². The number of likely N-dealkylation sites (N-methyl/N-ethyl adjacent to an activating group) is 2. The van der Waals surface area contributed by atoms with Gasteiger partial charge in [-0.1, -0.05) is 71.0 Å². The number of ether oxygens (including phenoxy) is 2. The Morgan fingerprint density at radius 1 is 0.840 bits per heavy atom. The van der Waals surface area contributed by atoms with Crippen LogP contribution in [-0.4, -0.2) is 109 Å². The van der Waals surface area contributed by atoms with Crippen LogP contribution in [-0.2, 0) is 49.5 Å². The molecule has 14 heteroatoms. The molecular weight excluding hydrogens is 646 g/mol. The molecule has 0 spiro atoms. The Morgan fingerprint density at radius 2 is 1.42 bits per heavy atom. The topological polar surface area (TPSA) is 181 Å². The lowest BCUT2D eigenvalue weighted by Gasteiger charge is -2.33. The van der Waals surface area contributed by atoms with Crippen molar-refractivity contribution in [1.29, 1.82) is 0 Å². The maximum Gasteiger partial charge on any atom is 0.333 e. The molecule has 0 heterocycles. The van der Waals surface area contributed by atoms with E-state index in [1.54, 1.807) is 31.2 Å². The second-order valence-electron chi connectivity index (χ2n) is 13.1. The average Bonchev–Trinajstić information content (AvgIpc) is 3.07. The molecule has 1 rings (SSSR count). The molecule has 0 saturated carbocycles. The van der Waals surface area contributed by atoms with Crippen LogP contribution in [0.1, 0.15) is 66.9 Å². The minimum Gasteiger partial charge on any atom is -0.467 e. The minimum atomic E-state index is -1.16. The van der Waals surface area contributed by atoms with Crippen LogP contribution < -0.4 is 16.0 Å². The van der Waals surface area contributed by atoms with Crippen LogP contribution in [0.2, 0.25) is 0 Å². The first-order chi connectivity index (χ1) is 23.3. The van der Waals surface area contributed by atoms with Crippen LogP contribution in [0.4, 0.5) is 0 Å². The third kappa shape index (κ3) is 13.6. The molecule has 50 heavy (non-hydrogen) atoms. The van der Waals surface area contributed by atoms with Crippen LogP contribution in [0.25, 0.3) is 0 Å². The molecule has 278 valence electrons. The van der Waals surface area contributed by atoms with Gasteiger partial charge in [0.25, 0.3) is 5.91 Å². The quantitative estimate of drug-likeness (QED) is 0.143. The Labute approximate surface area is 295 Å². The Morgan fingerprint density at radius 3 is 1.94 bits per heavy atom. The molecular formula is C36H55N5O9. The number of nitrogens with zero attached hydrogens (tertiary/aromatic N) is 2. The van der Waals surface area contributed by atoms with Gasteiger partial charge in [-0.25, -0.2) is 9.59 Å². The van der Waals surface area contributed by atoms with Gasteiger partial charge in [-0.2, -0.15) is 0 Å². The van der Waals surface area contributed by atoms with Gasteiger partial charge < -0.3 is 35.2 Å². The van der Waals surface area contributed by atoms with Gasteiger partial charge in [0.05, 0.1) is 13.7 Å². The molecule has 0 bridgehead atoms. The molecule has 0 saturated heterocycles. The van der Waals surface area contributed by atoms with Crippen LogP contribution in [0.15, 0.2) is 42.5 Å². The second kappa shape index (κ2) is 20.7. The smallest absolute Gasteiger partial charge is 0.333 e. The first kappa shape index (κ1) is 43.3. The third-order valence-corrected chi connectivity index (χ3v) is 8.16. The number of hydrogen-bond donors (Lipinski definition) is 3. The van der Waals surface area contributed by atoms with E-state index in [0.717, 1.165) is 10.5 Å². The van der Waals surface area contributed by atoms with Crippen molar-refractivity contribution in [3.8, 4) is 0 Å². The summed E-state index contributed by atoms with van der Waals surface area (Å²) in [5.41, 5.74) is 0.874. The molecule has 1 aromatic rings. The van der Waals surface area contributed by atoms with E-state index in [4.69, 9.17) is 4.74 Å². The lowest BCUT2D eigenvalue weighted by molar-refractivity contribution is -0.154. The normalized spacial score (nSPS) is 14.5. The molecule has 3 N–H and O–H groups in total. The van der Waals surface area contributed by atoms with E-state index in [9.17, 15) is 33.6 Å². The van der Waals surface area contributed by atoms with Gasteiger partial charge in [0.1, 0.15) is 24.2 Å². The summed E-state index contributed by atoms with van der Waals surface area (Å²) in [5, 5.41) is 7.83. The molecule has 0 aliphatic heterocycles. The van der Waals surface area contributed by atoms with Crippen LogP contribution in [0.5, 0.6) is 0 Å². The molecule has 0 aliphatic carbocycles. The monoisotopic (exact) mass is 701 g/mol. The van der Waals surface area contributed by atoms with Gasteiger partial charge in [-0.15, -0.1) is 0 Å². The molecule has 14 nitrogen and oxygen atoms in total. The summed E-state index contributed by atoms with van der Waals surface area (Å²) >= 11 is 0. The summed E-state index contributed by atoms with van der Waals surface area (Å²) in [7, 11) is 4.04. The van der Waals surface area contributed by atoms with Crippen molar-refractivity contribution in [3.05, 3.63) is 48.0 Å². The van der Waals surface area contributed by atoms with E-state index in [1.807, 2.05) is 26.8 Å². The SMILES string of the molecule is C=C(C)C(=O)O[C@H](CC(C)C)C(=O)N[C@@H](C)C(=O)N(C)[C@H](Cc1ccccc1)C(=O)N(C)CC(=O)N[C@H](C(=O)N[C@@H](C)C(=O)OC)C(C)CC. The molecule has 1 unspecified atom stereocenters. The Balaban J connectivity index is 3.20. The fraction of sp³-hybridized carbons (Fsp3) is 0.583. The van der Waals surface area contributed by atoms with Crippen molar-refractivity contribution < 1.29 is 43.0 Å². The van der Waals surface area contributed by atoms with Crippen LogP contribution in [0, 0.1) is 11.8 Å². The zero-order chi connectivity index (χ0) is 38.3. The number of amides is 5. The van der Waals surface area contributed by atoms with Gasteiger partial charge in [0, 0.05) is 26.1 Å². The number of benzene rings is 1. The maximum absolute atomic E-state index is 13.9. The number of carbonyl (C=O) groups is 7. The molecule has 0 aromatic heterocycles. The van der Waals surface area contributed by atoms with Crippen molar-refractivity contribution in [3.63, 3.8) is 0 Å². The third-order valence-electron chi connectivity index (χ3n) is 8.16. The fourth-order valence-corrected chi connectivity index (χ4v) is 4.93. The lowest BCUT2D eigenvalue weighted by Crippen LogP contribution is -2.57. The highest BCUT2D eigenvalue weighted by Gasteiger charge is 2.35. The van der Waals surface area contributed by atoms with Crippen molar-refractivity contribution in [1.82, 2.24) is 25.8 Å². The number of esters is 2. The summed E-state index contributed by atoms with van der Waals surface area (Å²) in [5.74, 6) is -4.69. The van der Waals surface area contributed by atoms with Gasteiger partial charge in [-0.05, 0) is 44.6 Å². The Bertz CT molecular complexity index is 1370. The summed E-state index contributed by atoms with van der Waals surface area (Å²) in [4.78, 5) is 93.4. The van der Waals surface area contributed by atoms with Gasteiger partial charge >= 0.3 is 11.9 Å². The van der Waals surface area contributed by atoms with E-state index < -0.39 is 78.3 Å². The average molecular weight is 702 g/mol. The predicted molar refractivity (Wildman–Crippen MR) is 187 cm³/mol. The first-order valence-corrected chi connectivity index (χ1v) is 16.7. The summed E-state index contributed by atoms with van der Waals surface area (Å²) in [6, 6.07) is 4.88. The first-order valence-electron chi connectivity index (χ1n) is 16.7. The number of nitrogens with one attached hydrogen (secondary N) is 3. The zero-order valence-corrected chi connectivity index (χ0v) is 31.0. The standard InChI is InChI=1S/C36H55N5O9/c1-12-23(6)30(32(44)38-25(8)36(48)49-11)39-29(42)20-40(9)34(46)27(19-26-16-14-13-15-17-26)41(10)33(45)24(7)37-31(43)28(18-21(2)3)50-35(47)22(4)5/h13-17,21,23-25,27-28,30H,4,12,18-20H2,1-3,5-11H3,(H,37,43)(H,38,44)(H,39,42)/t23?,24-,25-,27+,28+,30-/m0/s1. The fourth-order valence-electron chi connectivity index (χ4n) is 4.93. The summed E-state index contributed by atoms with van der Waals surface area (Å²) in [6.45, 7) is 14.9. The highest BCUT2D eigenvalue weighted by atomic mass is 16.5. The van der Waals surface area contributed by atoms with Crippen molar-refractivity contribution in [2.45, 2.75) is 98.0 Å². The molecule has 6 atom stereocenters. The molecule has 5 amide bonds. The highest BCUT2D eigenvalue weighted by molar-refractivity contribution is 5.96. The molecule has 0 fully saturated rings. The molecule has 0 aliphatic rings. The van der Waals surface area contributed by atoms with Crippen molar-refractivity contribution >= 4 is 41.5 Å². The number of rotatable bonds is 19. The van der Waals surface area contributed by atoms with E-state index in [0.29, 0.717) is 6.42 Å². The van der Waals surface area contributed by atoms with Gasteiger partial charge in [-0.3, -0.25) is 24.0 Å². The molecule has 0 radical (unpaired) electrons. The summed E-state index contributed by atoms with van der Waals surface area (Å²) in [6.07, 6.45) is -0.303. The van der Waals surface area contributed by atoms with Crippen molar-refractivity contribution in [2.75, 3.05) is 27.7 Å². The van der Waals surface area contributed by atoms with E-state index in [-0.39, 0.29) is 30.3 Å². The minimum absolute atomic E-state index is 0.00349. The number of hydrogen-bond acceptors (Lipinski definition) is 9. The second-order valence-corrected chi connectivity index (χ2v) is 13.1. The Hall–Kier alpha value is -4.75. The zero-order valence-electron chi connectivity index (χ0n) is 31.0. The lowest BCUT2D eigenvalue weighted by atomic mass is 9.98.